The highest BCUT2D eigenvalue weighted by Crippen LogP contribution is 2.23. The van der Waals surface area contributed by atoms with Gasteiger partial charge in [-0.1, -0.05) is 36.4 Å². The molecular formula is C28H23ClFN5O3. The van der Waals surface area contributed by atoms with Crippen LogP contribution in [-0.4, -0.2) is 34.2 Å². The largest absolute Gasteiger partial charge is 0.481 e. The molecule has 0 atom stereocenters. The summed E-state index contributed by atoms with van der Waals surface area (Å²) in [5.41, 5.74) is 5.21. The highest BCUT2D eigenvalue weighted by molar-refractivity contribution is 6.01. The van der Waals surface area contributed by atoms with Crippen molar-refractivity contribution in [3.8, 4) is 5.75 Å². The van der Waals surface area contributed by atoms with Crippen LogP contribution >= 0.6 is 12.4 Å². The standard InChI is InChI=1S/C28H22FN5O3.ClH/c29-21-10-12-22(13-11-21)32-26(35)17-34-16-20(23-7-1-2-8-24(23)34)15-31-33-27(36)18-37-25-9-3-5-19-6-4-14-30-28(19)25;/h1-16H,17-18H2,(H,32,35)(H,33,36);1H/b31-15+;. The Labute approximate surface area is 223 Å². The van der Waals surface area contributed by atoms with E-state index in [2.05, 4.69) is 20.8 Å². The van der Waals surface area contributed by atoms with Crippen LogP contribution in [0.5, 0.6) is 5.75 Å². The van der Waals surface area contributed by atoms with Crippen molar-refractivity contribution in [2.24, 2.45) is 5.10 Å². The van der Waals surface area contributed by atoms with Crippen LogP contribution in [0.4, 0.5) is 10.1 Å². The van der Waals surface area contributed by atoms with Gasteiger partial charge in [-0.3, -0.25) is 14.6 Å². The van der Waals surface area contributed by atoms with Gasteiger partial charge in [0.2, 0.25) is 5.91 Å². The van der Waals surface area contributed by atoms with Crippen LogP contribution in [-0.2, 0) is 16.1 Å². The van der Waals surface area contributed by atoms with Crippen molar-refractivity contribution in [2.75, 3.05) is 11.9 Å². The average molecular weight is 532 g/mol. The molecule has 38 heavy (non-hydrogen) atoms. The van der Waals surface area contributed by atoms with Crippen LogP contribution in [0.2, 0.25) is 0 Å². The summed E-state index contributed by atoms with van der Waals surface area (Å²) in [6.07, 6.45) is 4.97. The number of aromatic nitrogens is 2. The lowest BCUT2D eigenvalue weighted by molar-refractivity contribution is -0.123. The van der Waals surface area contributed by atoms with Crippen LogP contribution in [0.25, 0.3) is 21.8 Å². The quantitative estimate of drug-likeness (QED) is 0.219. The molecule has 0 radical (unpaired) electrons. The number of ether oxygens (including phenoxy) is 1. The molecule has 0 saturated carbocycles. The molecule has 0 bridgehead atoms. The molecule has 0 saturated heterocycles. The summed E-state index contributed by atoms with van der Waals surface area (Å²) in [5, 5.41) is 8.60. The number of para-hydroxylation sites is 2. The van der Waals surface area contributed by atoms with Gasteiger partial charge in [0, 0.05) is 39.9 Å². The molecule has 2 heterocycles. The van der Waals surface area contributed by atoms with E-state index in [1.165, 1.54) is 30.5 Å². The molecule has 0 aliphatic carbocycles. The van der Waals surface area contributed by atoms with Gasteiger partial charge in [0.25, 0.3) is 5.91 Å². The summed E-state index contributed by atoms with van der Waals surface area (Å²) in [5.74, 6) is -0.544. The molecule has 2 N–H and O–H groups in total. The second kappa shape index (κ2) is 12.0. The molecule has 5 rings (SSSR count). The Balaban J connectivity index is 0.00000336. The van der Waals surface area contributed by atoms with Crippen molar-refractivity contribution in [1.29, 1.82) is 0 Å². The molecule has 0 spiro atoms. The van der Waals surface area contributed by atoms with Gasteiger partial charge < -0.3 is 14.6 Å². The van der Waals surface area contributed by atoms with Crippen molar-refractivity contribution in [3.63, 3.8) is 0 Å². The number of carbonyl (C=O) groups is 2. The number of hydrogen-bond donors (Lipinski definition) is 2. The second-order valence-electron chi connectivity index (χ2n) is 8.20. The summed E-state index contributed by atoms with van der Waals surface area (Å²) in [6, 6.07) is 22.4. The molecule has 0 unspecified atom stereocenters. The lowest BCUT2D eigenvalue weighted by Gasteiger charge is -2.07. The topological polar surface area (TPSA) is 97.6 Å². The number of pyridine rings is 1. The smallest absolute Gasteiger partial charge is 0.277 e. The van der Waals surface area contributed by atoms with Crippen molar-refractivity contribution < 1.29 is 18.7 Å². The van der Waals surface area contributed by atoms with E-state index in [4.69, 9.17) is 4.74 Å². The van der Waals surface area contributed by atoms with Gasteiger partial charge in [-0.2, -0.15) is 5.10 Å². The minimum atomic E-state index is -0.424. The maximum absolute atomic E-state index is 13.1. The number of anilines is 1. The van der Waals surface area contributed by atoms with E-state index in [0.717, 1.165) is 21.9 Å². The van der Waals surface area contributed by atoms with Crippen LogP contribution in [0.3, 0.4) is 0 Å². The van der Waals surface area contributed by atoms with Gasteiger partial charge >= 0.3 is 0 Å². The minimum absolute atomic E-state index is 0. The van der Waals surface area contributed by atoms with Gasteiger partial charge in [0.1, 0.15) is 23.6 Å². The number of nitrogens with one attached hydrogen (secondary N) is 2. The molecule has 2 aromatic heterocycles. The highest BCUT2D eigenvalue weighted by Gasteiger charge is 2.11. The number of halogens is 2. The second-order valence-corrected chi connectivity index (χ2v) is 8.20. The number of carbonyl (C=O) groups excluding carboxylic acids is 2. The van der Waals surface area contributed by atoms with Crippen LogP contribution in [0.1, 0.15) is 5.56 Å². The molecule has 2 amide bonds. The molecule has 0 fully saturated rings. The fourth-order valence-electron chi connectivity index (χ4n) is 3.94. The van der Waals surface area contributed by atoms with Gasteiger partial charge in [-0.05, 0) is 42.5 Å². The van der Waals surface area contributed by atoms with Gasteiger partial charge in [0.05, 0.1) is 6.21 Å². The number of benzene rings is 3. The Hall–Kier alpha value is -4.76. The lowest BCUT2D eigenvalue weighted by atomic mass is 10.2. The fourth-order valence-corrected chi connectivity index (χ4v) is 3.94. The molecule has 0 aliphatic heterocycles. The first-order valence-corrected chi connectivity index (χ1v) is 11.5. The lowest BCUT2D eigenvalue weighted by Crippen LogP contribution is -2.24. The summed E-state index contributed by atoms with van der Waals surface area (Å²) in [7, 11) is 0. The third-order valence-corrected chi connectivity index (χ3v) is 5.61. The fraction of sp³-hybridized carbons (Fsp3) is 0.0714. The SMILES string of the molecule is Cl.O=C(COc1cccc2cccnc12)N/N=C/c1cn(CC(=O)Nc2ccc(F)cc2)c2ccccc12. The molecule has 192 valence electrons. The highest BCUT2D eigenvalue weighted by atomic mass is 35.5. The molecule has 10 heteroatoms. The summed E-state index contributed by atoms with van der Waals surface area (Å²) >= 11 is 0. The van der Waals surface area contributed by atoms with Gasteiger partial charge in [-0.25, -0.2) is 9.82 Å². The first-order chi connectivity index (χ1) is 18.1. The molecular weight excluding hydrogens is 509 g/mol. The van der Waals surface area contributed by atoms with Crippen molar-refractivity contribution in [1.82, 2.24) is 15.0 Å². The van der Waals surface area contributed by atoms with E-state index in [9.17, 15) is 14.0 Å². The maximum atomic E-state index is 13.1. The van der Waals surface area contributed by atoms with Crippen LogP contribution < -0.4 is 15.5 Å². The van der Waals surface area contributed by atoms with Crippen LogP contribution in [0, 0.1) is 5.82 Å². The normalized spacial score (nSPS) is 10.9. The van der Waals surface area contributed by atoms with Crippen LogP contribution in [0.15, 0.2) is 96.4 Å². The number of hydrogen-bond acceptors (Lipinski definition) is 5. The van der Waals surface area contributed by atoms with E-state index in [-0.39, 0.29) is 37.3 Å². The van der Waals surface area contributed by atoms with Crippen molar-refractivity contribution in [2.45, 2.75) is 6.54 Å². The zero-order chi connectivity index (χ0) is 25.6. The first kappa shape index (κ1) is 26.3. The number of rotatable bonds is 8. The third-order valence-electron chi connectivity index (χ3n) is 5.61. The Morgan fingerprint density at radius 3 is 2.61 bits per heavy atom. The predicted octanol–water partition coefficient (Wildman–Crippen LogP) is 4.92. The monoisotopic (exact) mass is 531 g/mol. The number of amides is 2. The van der Waals surface area contributed by atoms with E-state index in [0.29, 0.717) is 17.0 Å². The predicted molar refractivity (Wildman–Crippen MR) is 147 cm³/mol. The summed E-state index contributed by atoms with van der Waals surface area (Å²) in [6.45, 7) is -0.177. The molecule has 8 nitrogen and oxygen atoms in total. The first-order valence-electron chi connectivity index (χ1n) is 11.5. The Morgan fingerprint density at radius 2 is 1.76 bits per heavy atom. The zero-order valence-electron chi connectivity index (χ0n) is 20.0. The zero-order valence-corrected chi connectivity index (χ0v) is 20.8. The Kier molecular flexibility index (Phi) is 8.30. The number of fused-ring (bicyclic) bond motifs is 2. The minimum Gasteiger partial charge on any atom is -0.481 e. The maximum Gasteiger partial charge on any atom is 0.277 e. The average Bonchev–Trinajstić information content (AvgIpc) is 3.26. The summed E-state index contributed by atoms with van der Waals surface area (Å²) < 4.78 is 20.5. The van der Waals surface area contributed by atoms with E-state index < -0.39 is 5.91 Å². The van der Waals surface area contributed by atoms with Crippen molar-refractivity contribution >= 4 is 57.9 Å². The Morgan fingerprint density at radius 1 is 0.974 bits per heavy atom. The number of nitrogens with zero attached hydrogens (tertiary/aromatic N) is 3. The Bertz CT molecular complexity index is 1610. The summed E-state index contributed by atoms with van der Waals surface area (Å²) in [4.78, 5) is 29.2. The number of hydrazone groups is 1. The molecule has 3 aromatic carbocycles. The van der Waals surface area contributed by atoms with Gasteiger partial charge in [0.15, 0.2) is 6.61 Å². The van der Waals surface area contributed by atoms with E-state index in [1.54, 1.807) is 23.0 Å². The molecule has 0 aliphatic rings. The molecule has 5 aromatic rings. The third kappa shape index (κ3) is 6.13. The van der Waals surface area contributed by atoms with E-state index in [1.807, 2.05) is 48.5 Å². The van der Waals surface area contributed by atoms with Gasteiger partial charge in [-0.15, -0.1) is 12.4 Å². The van der Waals surface area contributed by atoms with Crippen molar-refractivity contribution in [3.05, 3.63) is 103 Å². The van der Waals surface area contributed by atoms with E-state index >= 15 is 0 Å².